The van der Waals surface area contributed by atoms with Crippen molar-refractivity contribution in [1.29, 1.82) is 0 Å². The van der Waals surface area contributed by atoms with E-state index in [4.69, 9.17) is 5.11 Å². The van der Waals surface area contributed by atoms with Crippen molar-refractivity contribution in [3.05, 3.63) is 45.8 Å². The summed E-state index contributed by atoms with van der Waals surface area (Å²) < 4.78 is 27.3. The molecule has 0 saturated carbocycles. The van der Waals surface area contributed by atoms with Crippen molar-refractivity contribution in [2.75, 3.05) is 0 Å². The van der Waals surface area contributed by atoms with Crippen LogP contribution < -0.4 is 0 Å². The van der Waals surface area contributed by atoms with E-state index < -0.39 is 27.8 Å². The molecule has 0 aliphatic heterocycles. The summed E-state index contributed by atoms with van der Waals surface area (Å²) in [7, 11) is 0. The molecule has 18 heavy (non-hydrogen) atoms. The van der Waals surface area contributed by atoms with Crippen LogP contribution in [0.4, 0.5) is 14.5 Å². The number of nitrogens with zero attached hydrogens (tertiary/aromatic N) is 2. The molecule has 0 aliphatic rings. The van der Waals surface area contributed by atoms with E-state index in [9.17, 15) is 18.9 Å². The first kappa shape index (κ1) is 12.1. The van der Waals surface area contributed by atoms with Gasteiger partial charge in [-0.05, 0) is 6.07 Å². The number of rotatable bonds is 3. The van der Waals surface area contributed by atoms with Gasteiger partial charge in [-0.15, -0.1) is 0 Å². The van der Waals surface area contributed by atoms with Crippen LogP contribution in [0.5, 0.6) is 0 Å². The van der Waals surface area contributed by atoms with Gasteiger partial charge in [0.15, 0.2) is 0 Å². The minimum absolute atomic E-state index is 0.210. The van der Waals surface area contributed by atoms with E-state index in [1.165, 1.54) is 6.20 Å². The van der Waals surface area contributed by atoms with Crippen LogP contribution in [0.3, 0.4) is 0 Å². The zero-order valence-corrected chi connectivity index (χ0v) is 8.85. The summed E-state index contributed by atoms with van der Waals surface area (Å²) in [6.07, 6.45) is 1.19. The number of aliphatic hydroxyl groups is 1. The van der Waals surface area contributed by atoms with Gasteiger partial charge in [0.05, 0.1) is 29.0 Å². The Labute approximate surface area is 99.1 Å². The zero-order valence-electron chi connectivity index (χ0n) is 8.85. The van der Waals surface area contributed by atoms with Gasteiger partial charge >= 0.3 is 5.69 Å². The van der Waals surface area contributed by atoms with Crippen LogP contribution >= 0.6 is 0 Å². The third kappa shape index (κ3) is 1.93. The first-order valence-electron chi connectivity index (χ1n) is 4.82. The highest BCUT2D eigenvalue weighted by Crippen LogP contribution is 2.29. The maximum Gasteiger partial charge on any atom is 0.305 e. The standard InChI is InChI=1S/C10H7F2N3O3/c11-6-1-2-7(15(17)18)9(12)8(6)10-13-3-5(4-16)14-10/h1-3,16H,4H2,(H,13,14). The van der Waals surface area contributed by atoms with Gasteiger partial charge in [0.25, 0.3) is 0 Å². The number of aliphatic hydroxyl groups excluding tert-OH is 1. The quantitative estimate of drug-likeness (QED) is 0.645. The summed E-state index contributed by atoms with van der Waals surface area (Å²) in [5.41, 5.74) is -1.22. The van der Waals surface area contributed by atoms with Crippen LogP contribution in [-0.4, -0.2) is 20.0 Å². The molecule has 0 aliphatic carbocycles. The molecule has 0 saturated heterocycles. The minimum atomic E-state index is -1.31. The van der Waals surface area contributed by atoms with Crippen molar-refractivity contribution in [1.82, 2.24) is 9.97 Å². The number of H-pyrrole nitrogens is 1. The van der Waals surface area contributed by atoms with Crippen LogP contribution in [0, 0.1) is 21.7 Å². The smallest absolute Gasteiger partial charge is 0.305 e. The number of hydrogen-bond donors (Lipinski definition) is 2. The molecule has 2 aromatic rings. The molecule has 2 rings (SSSR count). The molecular weight excluding hydrogens is 248 g/mol. The zero-order chi connectivity index (χ0) is 13.3. The predicted octanol–water partition coefficient (Wildman–Crippen LogP) is 1.76. The van der Waals surface area contributed by atoms with Crippen LogP contribution in [0.15, 0.2) is 18.3 Å². The molecule has 1 aromatic carbocycles. The molecule has 0 amide bonds. The number of aromatic nitrogens is 2. The average molecular weight is 255 g/mol. The van der Waals surface area contributed by atoms with Crippen molar-refractivity contribution in [3.8, 4) is 11.4 Å². The summed E-state index contributed by atoms with van der Waals surface area (Å²) in [5.74, 6) is -2.49. The van der Waals surface area contributed by atoms with E-state index in [0.29, 0.717) is 0 Å². The molecule has 1 heterocycles. The minimum Gasteiger partial charge on any atom is -0.390 e. The predicted molar refractivity (Wildman–Crippen MR) is 56.5 cm³/mol. The lowest BCUT2D eigenvalue weighted by atomic mass is 10.1. The Kier molecular flexibility index (Phi) is 3.02. The van der Waals surface area contributed by atoms with Crippen molar-refractivity contribution in [2.45, 2.75) is 6.61 Å². The van der Waals surface area contributed by atoms with Crippen LogP contribution in [0.25, 0.3) is 11.4 Å². The lowest BCUT2D eigenvalue weighted by molar-refractivity contribution is -0.387. The number of hydrogen-bond acceptors (Lipinski definition) is 4. The van der Waals surface area contributed by atoms with E-state index in [1.807, 2.05) is 0 Å². The fourth-order valence-corrected chi connectivity index (χ4v) is 1.47. The maximum absolute atomic E-state index is 13.8. The number of nitro groups is 1. The molecule has 6 nitrogen and oxygen atoms in total. The van der Waals surface area contributed by atoms with Crippen LogP contribution in [-0.2, 0) is 6.61 Å². The lowest BCUT2D eigenvalue weighted by Gasteiger charge is -2.02. The Morgan fingerprint density at radius 1 is 1.44 bits per heavy atom. The van der Waals surface area contributed by atoms with Gasteiger partial charge in [0.1, 0.15) is 11.6 Å². The van der Waals surface area contributed by atoms with Gasteiger partial charge in [-0.2, -0.15) is 4.39 Å². The van der Waals surface area contributed by atoms with E-state index in [-0.39, 0.29) is 18.1 Å². The Balaban J connectivity index is 2.62. The average Bonchev–Trinajstić information content (AvgIpc) is 2.77. The third-order valence-electron chi connectivity index (χ3n) is 2.30. The fourth-order valence-electron chi connectivity index (χ4n) is 1.47. The summed E-state index contributed by atoms with van der Waals surface area (Å²) in [6.45, 7) is -0.384. The second kappa shape index (κ2) is 4.49. The highest BCUT2D eigenvalue weighted by molar-refractivity contribution is 5.61. The lowest BCUT2D eigenvalue weighted by Crippen LogP contribution is -1.98. The normalized spacial score (nSPS) is 10.6. The summed E-state index contributed by atoms with van der Waals surface area (Å²) in [5, 5.41) is 19.4. The Hall–Kier alpha value is -2.35. The monoisotopic (exact) mass is 255 g/mol. The van der Waals surface area contributed by atoms with E-state index >= 15 is 0 Å². The SMILES string of the molecule is O=[N+]([O-])c1ccc(F)c(-c2ncc(CO)[nH]2)c1F. The molecule has 94 valence electrons. The van der Waals surface area contributed by atoms with Gasteiger partial charge in [0, 0.05) is 6.07 Å². The van der Waals surface area contributed by atoms with E-state index in [0.717, 1.165) is 12.1 Å². The molecule has 8 heteroatoms. The molecule has 0 bridgehead atoms. The van der Waals surface area contributed by atoms with Crippen molar-refractivity contribution < 1.29 is 18.8 Å². The second-order valence-electron chi connectivity index (χ2n) is 3.43. The number of nitrogens with one attached hydrogen (secondary N) is 1. The molecular formula is C10H7F2N3O3. The van der Waals surface area contributed by atoms with Gasteiger partial charge in [0.2, 0.25) is 5.82 Å². The molecule has 0 atom stereocenters. The summed E-state index contributed by atoms with van der Waals surface area (Å²) in [6, 6.07) is 1.53. The fraction of sp³-hybridized carbons (Fsp3) is 0.100. The van der Waals surface area contributed by atoms with Crippen molar-refractivity contribution >= 4 is 5.69 Å². The Morgan fingerprint density at radius 3 is 2.72 bits per heavy atom. The van der Waals surface area contributed by atoms with Crippen LogP contribution in [0.1, 0.15) is 5.69 Å². The van der Waals surface area contributed by atoms with Gasteiger partial charge in [-0.25, -0.2) is 9.37 Å². The van der Waals surface area contributed by atoms with Crippen molar-refractivity contribution in [3.63, 3.8) is 0 Å². The topological polar surface area (TPSA) is 92.1 Å². The van der Waals surface area contributed by atoms with Gasteiger partial charge < -0.3 is 10.1 Å². The van der Waals surface area contributed by atoms with Gasteiger partial charge in [-0.3, -0.25) is 10.1 Å². The molecule has 0 fully saturated rings. The molecule has 1 aromatic heterocycles. The van der Waals surface area contributed by atoms with E-state index in [2.05, 4.69) is 9.97 Å². The number of aromatic amines is 1. The molecule has 0 radical (unpaired) electrons. The number of benzene rings is 1. The summed E-state index contributed by atoms with van der Waals surface area (Å²) >= 11 is 0. The first-order valence-corrected chi connectivity index (χ1v) is 4.82. The summed E-state index contributed by atoms with van der Waals surface area (Å²) in [4.78, 5) is 15.7. The third-order valence-corrected chi connectivity index (χ3v) is 2.30. The molecule has 2 N–H and O–H groups in total. The van der Waals surface area contributed by atoms with Gasteiger partial charge in [-0.1, -0.05) is 0 Å². The molecule has 0 unspecified atom stereocenters. The number of halogens is 2. The number of imidazole rings is 1. The molecule has 0 spiro atoms. The second-order valence-corrected chi connectivity index (χ2v) is 3.43. The van der Waals surface area contributed by atoms with Crippen LogP contribution in [0.2, 0.25) is 0 Å². The highest BCUT2D eigenvalue weighted by Gasteiger charge is 2.24. The first-order chi connectivity index (χ1) is 8.54. The Morgan fingerprint density at radius 2 is 2.17 bits per heavy atom. The highest BCUT2D eigenvalue weighted by atomic mass is 19.1. The number of nitro benzene ring substituents is 1. The van der Waals surface area contributed by atoms with Crippen molar-refractivity contribution in [2.24, 2.45) is 0 Å². The Bertz CT molecular complexity index is 612. The van der Waals surface area contributed by atoms with E-state index in [1.54, 1.807) is 0 Å². The maximum atomic E-state index is 13.8. The largest absolute Gasteiger partial charge is 0.390 e.